The molecule has 11 heteroatoms. The van der Waals surface area contributed by atoms with Gasteiger partial charge in [0.1, 0.15) is 30.7 Å². The fourth-order valence-corrected chi connectivity index (χ4v) is 3.22. The van der Waals surface area contributed by atoms with Crippen LogP contribution in [-0.4, -0.2) is 61.7 Å². The summed E-state index contributed by atoms with van der Waals surface area (Å²) in [5, 5.41) is 28.9. The van der Waals surface area contributed by atoms with E-state index in [1.165, 1.54) is 12.3 Å². The van der Waals surface area contributed by atoms with Crippen LogP contribution in [0.1, 0.15) is 57.6 Å². The van der Waals surface area contributed by atoms with E-state index in [-0.39, 0.29) is 25.3 Å². The van der Waals surface area contributed by atoms with E-state index in [0.717, 1.165) is 30.3 Å². The minimum atomic E-state index is -1.39. The Balaban J connectivity index is 1.67. The third-order valence-corrected chi connectivity index (χ3v) is 4.89. The SMILES string of the molecule is Nc1ccn([C@@H]2O[C@H](COC(=O)CCCCCCCCC(=O)O)[C@@H](O)[C@@H]2O)c(=O)n1. The number of nitrogens with zero attached hydrogens (tertiary/aromatic N) is 2. The summed E-state index contributed by atoms with van der Waals surface area (Å²) in [5.41, 5.74) is 4.70. The van der Waals surface area contributed by atoms with Crippen molar-refractivity contribution in [3.05, 3.63) is 22.7 Å². The Morgan fingerprint density at radius 3 is 2.37 bits per heavy atom. The van der Waals surface area contributed by atoms with Gasteiger partial charge in [-0.15, -0.1) is 0 Å². The second-order valence-electron chi connectivity index (χ2n) is 7.29. The molecule has 30 heavy (non-hydrogen) atoms. The molecule has 1 aliphatic heterocycles. The summed E-state index contributed by atoms with van der Waals surface area (Å²) < 4.78 is 11.6. The number of anilines is 1. The van der Waals surface area contributed by atoms with Gasteiger partial charge in [-0.3, -0.25) is 14.2 Å². The summed E-state index contributed by atoms with van der Waals surface area (Å²) in [6.07, 6.45) is 1.65. The maximum absolute atomic E-state index is 11.9. The summed E-state index contributed by atoms with van der Waals surface area (Å²) in [4.78, 5) is 37.7. The van der Waals surface area contributed by atoms with Crippen LogP contribution in [0.5, 0.6) is 0 Å². The van der Waals surface area contributed by atoms with Crippen molar-refractivity contribution in [1.82, 2.24) is 9.55 Å². The number of nitrogen functional groups attached to an aromatic ring is 1. The normalized spacial score (nSPS) is 23.4. The van der Waals surface area contributed by atoms with Gasteiger partial charge in [0.2, 0.25) is 0 Å². The van der Waals surface area contributed by atoms with Crippen LogP contribution in [0.2, 0.25) is 0 Å². The van der Waals surface area contributed by atoms with E-state index in [2.05, 4.69) is 4.98 Å². The number of carboxylic acid groups (broad SMARTS) is 1. The summed E-state index contributed by atoms with van der Waals surface area (Å²) in [5.74, 6) is -1.21. The van der Waals surface area contributed by atoms with Crippen molar-refractivity contribution in [3.8, 4) is 0 Å². The van der Waals surface area contributed by atoms with Gasteiger partial charge in [0.15, 0.2) is 6.23 Å². The minimum absolute atomic E-state index is 0.0232. The average Bonchev–Trinajstić information content (AvgIpc) is 2.96. The molecule has 0 bridgehead atoms. The number of unbranched alkanes of at least 4 members (excludes halogenated alkanes) is 5. The molecule has 0 amide bonds. The number of aromatic nitrogens is 2. The fourth-order valence-electron chi connectivity index (χ4n) is 3.22. The van der Waals surface area contributed by atoms with Crippen LogP contribution in [0, 0.1) is 0 Å². The lowest BCUT2D eigenvalue weighted by Crippen LogP contribution is -2.36. The number of carboxylic acids is 1. The number of aliphatic hydroxyl groups is 2. The van der Waals surface area contributed by atoms with Crippen molar-refractivity contribution in [2.45, 2.75) is 75.9 Å². The number of ether oxygens (including phenoxy) is 2. The number of nitrogens with two attached hydrogens (primary N) is 1. The highest BCUT2D eigenvalue weighted by Gasteiger charge is 2.44. The van der Waals surface area contributed by atoms with Crippen LogP contribution in [0.15, 0.2) is 17.1 Å². The van der Waals surface area contributed by atoms with Crippen LogP contribution in [0.25, 0.3) is 0 Å². The zero-order chi connectivity index (χ0) is 22.1. The van der Waals surface area contributed by atoms with Crippen molar-refractivity contribution in [2.24, 2.45) is 0 Å². The Kier molecular flexibility index (Phi) is 9.21. The molecule has 11 nitrogen and oxygen atoms in total. The Hall–Kier alpha value is -2.50. The van der Waals surface area contributed by atoms with E-state index in [0.29, 0.717) is 12.8 Å². The van der Waals surface area contributed by atoms with Crippen molar-refractivity contribution in [3.63, 3.8) is 0 Å². The van der Waals surface area contributed by atoms with Gasteiger partial charge < -0.3 is 30.5 Å². The summed E-state index contributed by atoms with van der Waals surface area (Å²) in [6, 6.07) is 1.36. The summed E-state index contributed by atoms with van der Waals surface area (Å²) in [7, 11) is 0. The van der Waals surface area contributed by atoms with Gasteiger partial charge in [-0.1, -0.05) is 25.7 Å². The topological polar surface area (TPSA) is 174 Å². The molecule has 0 aliphatic carbocycles. The van der Waals surface area contributed by atoms with Crippen LogP contribution >= 0.6 is 0 Å². The molecule has 1 saturated heterocycles. The first-order valence-electron chi connectivity index (χ1n) is 10.0. The highest BCUT2D eigenvalue weighted by molar-refractivity contribution is 5.69. The monoisotopic (exact) mass is 427 g/mol. The van der Waals surface area contributed by atoms with Gasteiger partial charge in [-0.25, -0.2) is 4.79 Å². The Morgan fingerprint density at radius 1 is 1.10 bits per heavy atom. The molecule has 0 radical (unpaired) electrons. The molecular formula is C19H29N3O8. The number of rotatable bonds is 12. The van der Waals surface area contributed by atoms with Crippen LogP contribution in [0.4, 0.5) is 5.82 Å². The van der Waals surface area contributed by atoms with E-state index in [9.17, 15) is 24.6 Å². The molecule has 0 unspecified atom stereocenters. The molecule has 2 rings (SSSR count). The van der Waals surface area contributed by atoms with Crippen molar-refractivity contribution in [2.75, 3.05) is 12.3 Å². The van der Waals surface area contributed by atoms with Gasteiger partial charge in [-0.05, 0) is 18.9 Å². The van der Waals surface area contributed by atoms with Crippen LogP contribution in [-0.2, 0) is 19.1 Å². The highest BCUT2D eigenvalue weighted by Crippen LogP contribution is 2.28. The van der Waals surface area contributed by atoms with E-state index in [1.54, 1.807) is 0 Å². The van der Waals surface area contributed by atoms with E-state index in [1.807, 2.05) is 0 Å². The van der Waals surface area contributed by atoms with E-state index >= 15 is 0 Å². The van der Waals surface area contributed by atoms with E-state index in [4.69, 9.17) is 20.3 Å². The Morgan fingerprint density at radius 2 is 1.73 bits per heavy atom. The minimum Gasteiger partial charge on any atom is -0.481 e. The van der Waals surface area contributed by atoms with E-state index < -0.39 is 42.2 Å². The Bertz CT molecular complexity index is 768. The molecule has 4 atom stereocenters. The maximum Gasteiger partial charge on any atom is 0.351 e. The molecule has 1 fully saturated rings. The summed E-state index contributed by atoms with van der Waals surface area (Å²) in [6.45, 7) is -0.250. The molecular weight excluding hydrogens is 398 g/mol. The number of aliphatic hydroxyl groups excluding tert-OH is 2. The molecule has 2 heterocycles. The lowest BCUT2D eigenvalue weighted by atomic mass is 10.1. The van der Waals surface area contributed by atoms with Crippen molar-refractivity contribution in [1.29, 1.82) is 0 Å². The van der Waals surface area contributed by atoms with Crippen molar-refractivity contribution < 1.29 is 34.4 Å². The predicted molar refractivity (Wildman–Crippen MR) is 104 cm³/mol. The number of aliphatic carboxylic acids is 1. The molecule has 0 spiro atoms. The molecule has 0 aromatic carbocycles. The summed E-state index contributed by atoms with van der Waals surface area (Å²) >= 11 is 0. The van der Waals surface area contributed by atoms with Gasteiger partial charge in [0.25, 0.3) is 0 Å². The quantitative estimate of drug-likeness (QED) is 0.266. The first kappa shape index (κ1) is 23.8. The number of esters is 1. The molecule has 0 saturated carbocycles. The zero-order valence-corrected chi connectivity index (χ0v) is 16.7. The lowest BCUT2D eigenvalue weighted by molar-refractivity contribution is -0.150. The largest absolute Gasteiger partial charge is 0.481 e. The number of hydrogen-bond acceptors (Lipinski definition) is 9. The standard InChI is InChI=1S/C19H29N3O8/c20-13-9-10-22(19(28)21-13)18-17(27)16(26)12(30-18)11-29-15(25)8-6-4-2-1-3-5-7-14(23)24/h9-10,12,16-18,26-27H,1-8,11H2,(H,23,24)(H2,20,21,28)/t12-,16-,17+,18-/m1/s1. The second kappa shape index (κ2) is 11.6. The first-order valence-corrected chi connectivity index (χ1v) is 10.0. The average molecular weight is 427 g/mol. The van der Waals surface area contributed by atoms with Gasteiger partial charge >= 0.3 is 17.6 Å². The number of carbonyl (C=O) groups is 2. The molecule has 1 aromatic heterocycles. The van der Waals surface area contributed by atoms with Gasteiger partial charge in [0, 0.05) is 19.0 Å². The van der Waals surface area contributed by atoms with Gasteiger partial charge in [-0.2, -0.15) is 4.98 Å². The number of carbonyl (C=O) groups excluding carboxylic acids is 1. The van der Waals surface area contributed by atoms with Crippen LogP contribution < -0.4 is 11.4 Å². The molecule has 5 N–H and O–H groups in total. The Labute approximate surface area is 173 Å². The van der Waals surface area contributed by atoms with Crippen LogP contribution in [0.3, 0.4) is 0 Å². The molecule has 1 aliphatic rings. The predicted octanol–water partition coefficient (Wildman–Crippen LogP) is 0.193. The zero-order valence-electron chi connectivity index (χ0n) is 16.7. The molecule has 168 valence electrons. The smallest absolute Gasteiger partial charge is 0.351 e. The van der Waals surface area contributed by atoms with Crippen molar-refractivity contribution >= 4 is 17.8 Å². The third kappa shape index (κ3) is 7.08. The lowest BCUT2D eigenvalue weighted by Gasteiger charge is -2.16. The fraction of sp³-hybridized carbons (Fsp3) is 0.684. The molecule has 1 aromatic rings. The number of hydrogen-bond donors (Lipinski definition) is 4. The second-order valence-corrected chi connectivity index (χ2v) is 7.29. The third-order valence-electron chi connectivity index (χ3n) is 4.89. The maximum atomic E-state index is 11.9. The highest BCUT2D eigenvalue weighted by atomic mass is 16.6. The first-order chi connectivity index (χ1) is 14.3. The van der Waals surface area contributed by atoms with Gasteiger partial charge in [0.05, 0.1) is 0 Å².